The number of rotatable bonds is 6. The van der Waals surface area contributed by atoms with Crippen LogP contribution in [-0.2, 0) is 18.3 Å². The molecule has 3 heterocycles. The van der Waals surface area contributed by atoms with E-state index in [9.17, 15) is 4.79 Å². The van der Waals surface area contributed by atoms with Crippen LogP contribution >= 0.6 is 36.2 Å². The molecule has 2 N–H and O–H groups in total. The molecule has 146 valence electrons. The van der Waals surface area contributed by atoms with Crippen LogP contribution in [0.5, 0.6) is 0 Å². The van der Waals surface area contributed by atoms with E-state index in [0.717, 1.165) is 35.8 Å². The fraction of sp³-hybridized carbons (Fsp3) is 0.588. The molecule has 0 bridgehead atoms. The Morgan fingerprint density at radius 3 is 2.81 bits per heavy atom. The zero-order valence-electron chi connectivity index (χ0n) is 15.3. The van der Waals surface area contributed by atoms with Crippen LogP contribution < -0.4 is 10.6 Å². The Balaban J connectivity index is 0.00000169. The van der Waals surface area contributed by atoms with Crippen LogP contribution in [0.3, 0.4) is 0 Å². The van der Waals surface area contributed by atoms with Gasteiger partial charge < -0.3 is 10.6 Å². The highest BCUT2D eigenvalue weighted by Crippen LogP contribution is 2.27. The SMILES string of the molecule is CC(C)c1nc(CCNC(=O)[C@H]2CNC[C@@H]2c2cnn(C)c2)cs1.Cl.Cl. The maximum Gasteiger partial charge on any atom is 0.225 e. The second-order valence-electron chi connectivity index (χ2n) is 6.69. The Hall–Kier alpha value is -1.15. The van der Waals surface area contributed by atoms with Crippen molar-refractivity contribution in [2.45, 2.75) is 32.1 Å². The maximum absolute atomic E-state index is 12.5. The van der Waals surface area contributed by atoms with Gasteiger partial charge in [0, 0.05) is 56.5 Å². The van der Waals surface area contributed by atoms with Crippen molar-refractivity contribution in [3.8, 4) is 0 Å². The van der Waals surface area contributed by atoms with E-state index < -0.39 is 0 Å². The van der Waals surface area contributed by atoms with Crippen LogP contribution in [0.2, 0.25) is 0 Å². The predicted molar refractivity (Wildman–Crippen MR) is 110 cm³/mol. The lowest BCUT2D eigenvalue weighted by atomic mass is 9.90. The van der Waals surface area contributed by atoms with E-state index >= 15 is 0 Å². The Morgan fingerprint density at radius 1 is 1.42 bits per heavy atom. The molecule has 3 rings (SSSR count). The molecule has 2 aromatic heterocycles. The van der Waals surface area contributed by atoms with Crippen molar-refractivity contribution >= 4 is 42.1 Å². The molecule has 0 aliphatic carbocycles. The lowest BCUT2D eigenvalue weighted by molar-refractivity contribution is -0.124. The molecule has 1 aliphatic heterocycles. The quantitative estimate of drug-likeness (QED) is 0.754. The third-order valence-corrected chi connectivity index (χ3v) is 5.64. The largest absolute Gasteiger partial charge is 0.355 e. The number of aromatic nitrogens is 3. The van der Waals surface area contributed by atoms with Gasteiger partial charge in [-0.05, 0) is 5.56 Å². The molecular weight excluding hydrogens is 393 g/mol. The van der Waals surface area contributed by atoms with Crippen LogP contribution in [0.25, 0.3) is 0 Å². The van der Waals surface area contributed by atoms with Crippen molar-refractivity contribution in [1.29, 1.82) is 0 Å². The zero-order valence-corrected chi connectivity index (χ0v) is 17.7. The Kier molecular flexibility index (Phi) is 9.03. The number of carbonyl (C=O) groups excluding carboxylic acids is 1. The molecule has 1 aliphatic rings. The van der Waals surface area contributed by atoms with Crippen molar-refractivity contribution in [2.75, 3.05) is 19.6 Å². The van der Waals surface area contributed by atoms with Gasteiger partial charge in [-0.15, -0.1) is 36.2 Å². The summed E-state index contributed by atoms with van der Waals surface area (Å²) >= 11 is 1.70. The summed E-state index contributed by atoms with van der Waals surface area (Å²) in [5.74, 6) is 0.748. The second kappa shape index (κ2) is 10.3. The van der Waals surface area contributed by atoms with Crippen LogP contribution in [0.15, 0.2) is 17.8 Å². The van der Waals surface area contributed by atoms with E-state index in [-0.39, 0.29) is 42.6 Å². The zero-order chi connectivity index (χ0) is 17.1. The lowest BCUT2D eigenvalue weighted by Crippen LogP contribution is -2.35. The van der Waals surface area contributed by atoms with Gasteiger partial charge >= 0.3 is 0 Å². The third-order valence-electron chi connectivity index (χ3n) is 4.45. The highest BCUT2D eigenvalue weighted by Gasteiger charge is 2.34. The van der Waals surface area contributed by atoms with Gasteiger partial charge in [-0.3, -0.25) is 9.48 Å². The van der Waals surface area contributed by atoms with Gasteiger partial charge in [-0.25, -0.2) is 4.98 Å². The van der Waals surface area contributed by atoms with Crippen molar-refractivity contribution in [1.82, 2.24) is 25.4 Å². The highest BCUT2D eigenvalue weighted by molar-refractivity contribution is 7.09. The van der Waals surface area contributed by atoms with Gasteiger partial charge in [0.15, 0.2) is 0 Å². The molecular formula is C17H27Cl2N5OS. The summed E-state index contributed by atoms with van der Waals surface area (Å²) in [6.45, 7) is 6.48. The number of hydrogen-bond acceptors (Lipinski definition) is 5. The monoisotopic (exact) mass is 419 g/mol. The first-order chi connectivity index (χ1) is 11.5. The number of amides is 1. The summed E-state index contributed by atoms with van der Waals surface area (Å²) in [6.07, 6.45) is 4.65. The van der Waals surface area contributed by atoms with E-state index in [4.69, 9.17) is 0 Å². The molecule has 0 aromatic carbocycles. The van der Waals surface area contributed by atoms with Crippen LogP contribution in [0.4, 0.5) is 0 Å². The number of carbonyl (C=O) groups is 1. The highest BCUT2D eigenvalue weighted by atomic mass is 35.5. The summed E-state index contributed by atoms with van der Waals surface area (Å²) in [7, 11) is 1.90. The molecule has 26 heavy (non-hydrogen) atoms. The van der Waals surface area contributed by atoms with E-state index in [2.05, 4.69) is 39.9 Å². The van der Waals surface area contributed by atoms with Gasteiger partial charge in [0.05, 0.1) is 22.8 Å². The molecule has 1 amide bonds. The first-order valence-corrected chi connectivity index (χ1v) is 9.34. The van der Waals surface area contributed by atoms with Gasteiger partial charge in [0.2, 0.25) is 5.91 Å². The maximum atomic E-state index is 12.5. The van der Waals surface area contributed by atoms with Crippen molar-refractivity contribution in [3.63, 3.8) is 0 Å². The van der Waals surface area contributed by atoms with E-state index in [1.165, 1.54) is 0 Å². The Labute approximate surface area is 171 Å². The number of hydrogen-bond donors (Lipinski definition) is 2. The number of aryl methyl sites for hydroxylation is 1. The molecule has 2 aromatic rings. The number of nitrogens with one attached hydrogen (secondary N) is 2. The summed E-state index contributed by atoms with van der Waals surface area (Å²) in [4.78, 5) is 17.2. The second-order valence-corrected chi connectivity index (χ2v) is 7.58. The standard InChI is InChI=1S/C17H25N5OS.2ClH/c1-11(2)17-21-13(10-24-17)4-5-19-16(23)15-8-18-7-14(15)12-6-20-22(3)9-12;;/h6,9-11,14-15,18H,4-5,7-8H2,1-3H3,(H,19,23);2*1H/t14-,15+;;/m1../s1. The lowest BCUT2D eigenvalue weighted by Gasteiger charge is -2.16. The molecule has 0 saturated carbocycles. The van der Waals surface area contributed by atoms with Crippen LogP contribution in [0.1, 0.15) is 41.9 Å². The van der Waals surface area contributed by atoms with Gasteiger partial charge in [0.1, 0.15) is 0 Å². The summed E-state index contributed by atoms with van der Waals surface area (Å²) in [5, 5.41) is 13.9. The van der Waals surface area contributed by atoms with Gasteiger partial charge in [0.25, 0.3) is 0 Å². The molecule has 2 atom stereocenters. The minimum atomic E-state index is -0.0316. The molecule has 0 unspecified atom stereocenters. The average molecular weight is 420 g/mol. The molecule has 9 heteroatoms. The number of nitrogens with zero attached hydrogens (tertiary/aromatic N) is 3. The first kappa shape index (κ1) is 22.9. The summed E-state index contributed by atoms with van der Waals surface area (Å²) in [5.41, 5.74) is 2.20. The molecule has 1 saturated heterocycles. The van der Waals surface area contributed by atoms with Crippen LogP contribution in [0, 0.1) is 5.92 Å². The number of halogens is 2. The van der Waals surface area contributed by atoms with Crippen molar-refractivity contribution in [3.05, 3.63) is 34.0 Å². The van der Waals surface area contributed by atoms with E-state index in [1.807, 2.05) is 19.4 Å². The minimum Gasteiger partial charge on any atom is -0.355 e. The summed E-state index contributed by atoms with van der Waals surface area (Å²) < 4.78 is 1.79. The average Bonchev–Trinajstić information content (AvgIpc) is 3.26. The number of thiazole rings is 1. The van der Waals surface area contributed by atoms with Gasteiger partial charge in [-0.1, -0.05) is 13.8 Å². The smallest absolute Gasteiger partial charge is 0.225 e. The first-order valence-electron chi connectivity index (χ1n) is 8.46. The normalized spacial score (nSPS) is 19.1. The fourth-order valence-corrected chi connectivity index (χ4v) is 3.95. The fourth-order valence-electron chi connectivity index (χ4n) is 3.08. The topological polar surface area (TPSA) is 71.8 Å². The van der Waals surface area contributed by atoms with Crippen molar-refractivity contribution < 1.29 is 4.79 Å². The van der Waals surface area contributed by atoms with Crippen molar-refractivity contribution in [2.24, 2.45) is 13.0 Å². The molecule has 0 spiro atoms. The van der Waals surface area contributed by atoms with E-state index in [1.54, 1.807) is 16.0 Å². The summed E-state index contributed by atoms with van der Waals surface area (Å²) in [6, 6.07) is 0. The molecule has 6 nitrogen and oxygen atoms in total. The van der Waals surface area contributed by atoms with Gasteiger partial charge in [-0.2, -0.15) is 5.10 Å². The predicted octanol–water partition coefficient (Wildman–Crippen LogP) is 2.51. The van der Waals surface area contributed by atoms with E-state index in [0.29, 0.717) is 12.5 Å². The minimum absolute atomic E-state index is 0. The molecule has 0 radical (unpaired) electrons. The van der Waals surface area contributed by atoms with Crippen LogP contribution in [-0.4, -0.2) is 40.3 Å². The Morgan fingerprint density at radius 2 is 2.19 bits per heavy atom. The molecule has 1 fully saturated rings. The third kappa shape index (κ3) is 5.42. The Bertz CT molecular complexity index is 703.